The summed E-state index contributed by atoms with van der Waals surface area (Å²) in [5.74, 6) is 0.207. The minimum atomic E-state index is 0.0560. The normalized spacial score (nSPS) is 12.3. The Labute approximate surface area is 126 Å². The van der Waals surface area contributed by atoms with E-state index in [4.69, 9.17) is 4.74 Å². The maximum absolute atomic E-state index is 12.1. The second-order valence-electron chi connectivity index (χ2n) is 5.92. The van der Waals surface area contributed by atoms with E-state index in [-0.39, 0.29) is 11.9 Å². The Balaban J connectivity index is 3.85. The van der Waals surface area contributed by atoms with Crippen LogP contribution in [0.15, 0.2) is 0 Å². The summed E-state index contributed by atoms with van der Waals surface area (Å²) in [6.45, 7) is 7.16. The van der Waals surface area contributed by atoms with Crippen LogP contribution in [0.2, 0.25) is 0 Å². The molecular weight excluding hydrogens is 248 g/mol. The fourth-order valence-corrected chi connectivity index (χ4v) is 2.44. The first kappa shape index (κ1) is 19.5. The average molecular weight is 284 g/mol. The lowest BCUT2D eigenvalue weighted by Crippen LogP contribution is -2.18. The molecule has 0 saturated carbocycles. The van der Waals surface area contributed by atoms with Crippen molar-refractivity contribution in [2.45, 2.75) is 97.8 Å². The van der Waals surface area contributed by atoms with E-state index in [1.807, 2.05) is 0 Å². The molecule has 0 aromatic rings. The van der Waals surface area contributed by atoms with Gasteiger partial charge < -0.3 is 4.74 Å². The highest BCUT2D eigenvalue weighted by molar-refractivity contribution is 5.72. The quantitative estimate of drug-likeness (QED) is 0.294. The molecule has 0 radical (unpaired) electrons. The van der Waals surface area contributed by atoms with Gasteiger partial charge in [-0.15, -0.1) is 0 Å². The Hall–Kier alpha value is -0.530. The maximum Gasteiger partial charge on any atom is 0.308 e. The van der Waals surface area contributed by atoms with Gasteiger partial charge in [0.2, 0.25) is 0 Å². The van der Waals surface area contributed by atoms with Crippen LogP contribution in [-0.2, 0) is 9.53 Å². The summed E-state index contributed by atoms with van der Waals surface area (Å²) in [4.78, 5) is 12.1. The van der Waals surface area contributed by atoms with Crippen molar-refractivity contribution >= 4 is 5.97 Å². The number of unbranched alkanes of at least 4 members (excludes halogenated alkanes) is 7. The van der Waals surface area contributed by atoms with E-state index in [1.54, 1.807) is 0 Å². The molecule has 0 aromatic heterocycles. The molecule has 0 amide bonds. The molecular formula is C18H36O2. The van der Waals surface area contributed by atoms with Gasteiger partial charge in [0.15, 0.2) is 0 Å². The minimum Gasteiger partial charge on any atom is -0.465 e. The molecule has 20 heavy (non-hydrogen) atoms. The van der Waals surface area contributed by atoms with Crippen LogP contribution in [-0.4, -0.2) is 12.6 Å². The highest BCUT2D eigenvalue weighted by Crippen LogP contribution is 2.19. The zero-order valence-corrected chi connectivity index (χ0v) is 14.1. The van der Waals surface area contributed by atoms with Crippen LogP contribution in [0.1, 0.15) is 97.8 Å². The summed E-state index contributed by atoms with van der Waals surface area (Å²) in [5, 5.41) is 0. The van der Waals surface area contributed by atoms with Gasteiger partial charge in [0, 0.05) is 0 Å². The van der Waals surface area contributed by atoms with Gasteiger partial charge in [-0.2, -0.15) is 0 Å². The van der Waals surface area contributed by atoms with Gasteiger partial charge in [-0.25, -0.2) is 0 Å². The predicted molar refractivity (Wildman–Crippen MR) is 86.9 cm³/mol. The topological polar surface area (TPSA) is 26.3 Å². The summed E-state index contributed by atoms with van der Waals surface area (Å²) >= 11 is 0. The zero-order valence-electron chi connectivity index (χ0n) is 14.1. The van der Waals surface area contributed by atoms with Gasteiger partial charge >= 0.3 is 5.97 Å². The van der Waals surface area contributed by atoms with E-state index in [2.05, 4.69) is 20.8 Å². The molecule has 0 aliphatic carbocycles. The van der Waals surface area contributed by atoms with Crippen LogP contribution in [0, 0.1) is 5.92 Å². The second-order valence-corrected chi connectivity index (χ2v) is 5.92. The van der Waals surface area contributed by atoms with Gasteiger partial charge in [0.1, 0.15) is 0 Å². The lowest BCUT2D eigenvalue weighted by molar-refractivity contribution is -0.149. The highest BCUT2D eigenvalue weighted by Gasteiger charge is 2.18. The fourth-order valence-electron chi connectivity index (χ4n) is 2.44. The van der Waals surface area contributed by atoms with Gasteiger partial charge in [0.25, 0.3) is 0 Å². The van der Waals surface area contributed by atoms with Crippen molar-refractivity contribution in [1.29, 1.82) is 0 Å². The summed E-state index contributed by atoms with van der Waals surface area (Å²) in [7, 11) is 0. The third-order valence-corrected chi connectivity index (χ3v) is 3.89. The molecule has 2 heteroatoms. The number of ether oxygens (including phenoxy) is 1. The van der Waals surface area contributed by atoms with Crippen molar-refractivity contribution < 1.29 is 9.53 Å². The molecule has 0 N–H and O–H groups in total. The molecule has 0 fully saturated rings. The van der Waals surface area contributed by atoms with Crippen LogP contribution >= 0.6 is 0 Å². The van der Waals surface area contributed by atoms with E-state index < -0.39 is 0 Å². The zero-order chi connectivity index (χ0) is 15.1. The van der Waals surface area contributed by atoms with E-state index in [9.17, 15) is 4.79 Å². The Bertz CT molecular complexity index is 213. The van der Waals surface area contributed by atoms with E-state index in [0.29, 0.717) is 6.61 Å². The van der Waals surface area contributed by atoms with Gasteiger partial charge in [-0.3, -0.25) is 4.79 Å². The van der Waals surface area contributed by atoms with E-state index >= 15 is 0 Å². The molecule has 0 saturated heterocycles. The summed E-state index contributed by atoms with van der Waals surface area (Å²) in [6.07, 6.45) is 14.2. The Kier molecular flexibility index (Phi) is 14.5. The van der Waals surface area contributed by atoms with Gasteiger partial charge in [-0.05, 0) is 19.3 Å². The first-order valence-electron chi connectivity index (χ1n) is 8.92. The van der Waals surface area contributed by atoms with Crippen LogP contribution in [0.25, 0.3) is 0 Å². The van der Waals surface area contributed by atoms with Crippen molar-refractivity contribution in [1.82, 2.24) is 0 Å². The Morgan fingerprint density at radius 2 is 1.30 bits per heavy atom. The fraction of sp³-hybridized carbons (Fsp3) is 0.944. The average Bonchev–Trinajstić information content (AvgIpc) is 2.46. The van der Waals surface area contributed by atoms with Crippen molar-refractivity contribution in [2.24, 2.45) is 5.92 Å². The maximum atomic E-state index is 12.1. The number of hydrogen-bond acceptors (Lipinski definition) is 2. The van der Waals surface area contributed by atoms with E-state index in [0.717, 1.165) is 38.5 Å². The van der Waals surface area contributed by atoms with Gasteiger partial charge in [-0.1, -0.05) is 78.6 Å². The van der Waals surface area contributed by atoms with Crippen LogP contribution < -0.4 is 0 Å². The number of carbonyl (C=O) groups excluding carboxylic acids is 1. The lowest BCUT2D eigenvalue weighted by Gasteiger charge is -2.15. The smallest absolute Gasteiger partial charge is 0.308 e. The standard InChI is InChI=1S/C18H36O2/c1-4-7-10-11-12-13-15-17(14-8-5-2)18(19)20-16-9-6-3/h17H,4-16H2,1-3H3. The summed E-state index contributed by atoms with van der Waals surface area (Å²) in [5.41, 5.74) is 0. The number of hydrogen-bond donors (Lipinski definition) is 0. The largest absolute Gasteiger partial charge is 0.465 e. The third-order valence-electron chi connectivity index (χ3n) is 3.89. The number of carbonyl (C=O) groups is 1. The van der Waals surface area contributed by atoms with Crippen LogP contribution in [0.5, 0.6) is 0 Å². The van der Waals surface area contributed by atoms with Crippen LogP contribution in [0.4, 0.5) is 0 Å². The molecule has 0 rings (SSSR count). The molecule has 0 aromatic carbocycles. The summed E-state index contributed by atoms with van der Waals surface area (Å²) < 4.78 is 5.40. The molecule has 2 nitrogen and oxygen atoms in total. The van der Waals surface area contributed by atoms with Crippen molar-refractivity contribution in [3.05, 3.63) is 0 Å². The van der Waals surface area contributed by atoms with Crippen molar-refractivity contribution in [3.63, 3.8) is 0 Å². The van der Waals surface area contributed by atoms with E-state index in [1.165, 1.54) is 38.5 Å². The number of rotatable bonds is 14. The molecule has 0 aliphatic rings. The second kappa shape index (κ2) is 14.9. The first-order valence-corrected chi connectivity index (χ1v) is 8.92. The lowest BCUT2D eigenvalue weighted by atomic mass is 9.95. The molecule has 0 spiro atoms. The van der Waals surface area contributed by atoms with Crippen molar-refractivity contribution in [3.8, 4) is 0 Å². The van der Waals surface area contributed by atoms with Gasteiger partial charge in [0.05, 0.1) is 12.5 Å². The minimum absolute atomic E-state index is 0.0560. The summed E-state index contributed by atoms with van der Waals surface area (Å²) in [6, 6.07) is 0. The Morgan fingerprint density at radius 3 is 1.95 bits per heavy atom. The SMILES string of the molecule is CCCCCCCCC(CCCC)C(=O)OCCCC. The molecule has 0 aliphatic heterocycles. The van der Waals surface area contributed by atoms with Crippen LogP contribution in [0.3, 0.4) is 0 Å². The predicted octanol–water partition coefficient (Wildman–Crippen LogP) is 5.89. The molecule has 1 unspecified atom stereocenters. The highest BCUT2D eigenvalue weighted by atomic mass is 16.5. The monoisotopic (exact) mass is 284 g/mol. The molecule has 1 atom stereocenters. The first-order chi connectivity index (χ1) is 9.76. The third kappa shape index (κ3) is 11.3. The molecule has 120 valence electrons. The Morgan fingerprint density at radius 1 is 0.750 bits per heavy atom. The number of esters is 1. The molecule has 0 heterocycles. The van der Waals surface area contributed by atoms with Crippen molar-refractivity contribution in [2.75, 3.05) is 6.61 Å². The molecule has 0 bridgehead atoms.